The zero-order valence-electron chi connectivity index (χ0n) is 12.0. The maximum Gasteiger partial charge on any atom is 0.387 e. The number of hydrogen-bond acceptors (Lipinski definition) is 3. The summed E-state index contributed by atoms with van der Waals surface area (Å²) < 4.78 is 43.3. The molecule has 2 fully saturated rings. The molecule has 2 heterocycles. The molecule has 0 amide bonds. The van der Waals surface area contributed by atoms with Gasteiger partial charge in [-0.1, -0.05) is 12.5 Å². The number of Topliss-reactive ketones (excluding diaryl/α,β-unsaturated/α-hetero) is 1. The highest BCUT2D eigenvalue weighted by atomic mass is 19.3. The van der Waals surface area contributed by atoms with Crippen molar-refractivity contribution in [2.24, 2.45) is 5.92 Å². The third-order valence-electron chi connectivity index (χ3n) is 4.52. The molecule has 0 aliphatic carbocycles. The lowest BCUT2D eigenvalue weighted by Crippen LogP contribution is -2.50. The number of fused-ring (bicyclic) bond motifs is 2. The second kappa shape index (κ2) is 6.28. The van der Waals surface area contributed by atoms with E-state index in [0.29, 0.717) is 12.8 Å². The van der Waals surface area contributed by atoms with Gasteiger partial charge in [-0.05, 0) is 37.8 Å². The molecule has 2 bridgehead atoms. The van der Waals surface area contributed by atoms with Crippen LogP contribution in [-0.2, 0) is 0 Å². The minimum atomic E-state index is -3.08. The fourth-order valence-electron chi connectivity index (χ4n) is 3.62. The summed E-state index contributed by atoms with van der Waals surface area (Å²) in [6.07, 6.45) is 4.37. The predicted molar refractivity (Wildman–Crippen MR) is 74.6 cm³/mol. The molecule has 22 heavy (non-hydrogen) atoms. The number of nitrogens with one attached hydrogen (secondary N) is 1. The highest BCUT2D eigenvalue weighted by Gasteiger charge is 2.36. The second-order valence-electron chi connectivity index (χ2n) is 6.02. The molecular formula is C16H18F3NO2. The van der Waals surface area contributed by atoms with Crippen molar-refractivity contribution in [2.45, 2.75) is 50.8 Å². The molecule has 2 unspecified atom stereocenters. The monoisotopic (exact) mass is 313 g/mol. The topological polar surface area (TPSA) is 38.3 Å². The summed E-state index contributed by atoms with van der Waals surface area (Å²) in [7, 11) is 0. The molecule has 2 saturated heterocycles. The number of carbonyl (C=O) groups excluding carboxylic acids is 1. The Hall–Kier alpha value is -1.56. The molecule has 0 radical (unpaired) electrons. The Morgan fingerprint density at radius 2 is 1.91 bits per heavy atom. The highest BCUT2D eigenvalue weighted by Crippen LogP contribution is 2.34. The van der Waals surface area contributed by atoms with Crippen molar-refractivity contribution in [1.29, 1.82) is 0 Å². The van der Waals surface area contributed by atoms with Gasteiger partial charge in [0, 0.05) is 18.0 Å². The Labute approximate surface area is 126 Å². The maximum absolute atomic E-state index is 14.0. The molecule has 2 aliphatic rings. The molecule has 1 aromatic rings. The molecule has 3 rings (SSSR count). The van der Waals surface area contributed by atoms with Crippen LogP contribution in [0, 0.1) is 11.7 Å². The van der Waals surface area contributed by atoms with Gasteiger partial charge in [0.15, 0.2) is 5.78 Å². The first-order valence-corrected chi connectivity index (χ1v) is 7.58. The highest BCUT2D eigenvalue weighted by molar-refractivity contribution is 6.00. The number of hydrogen-bond donors (Lipinski definition) is 1. The van der Waals surface area contributed by atoms with E-state index in [4.69, 9.17) is 0 Å². The summed E-state index contributed by atoms with van der Waals surface area (Å²) in [6, 6.07) is 4.10. The number of benzene rings is 1. The Bertz CT molecular complexity index is 552. The van der Waals surface area contributed by atoms with Crippen LogP contribution in [0.15, 0.2) is 18.2 Å². The smallest absolute Gasteiger partial charge is 0.387 e. The largest absolute Gasteiger partial charge is 0.434 e. The zero-order chi connectivity index (χ0) is 15.7. The zero-order valence-corrected chi connectivity index (χ0v) is 12.0. The van der Waals surface area contributed by atoms with Gasteiger partial charge in [-0.15, -0.1) is 0 Å². The predicted octanol–water partition coefficient (Wildman–Crippen LogP) is 3.53. The van der Waals surface area contributed by atoms with Crippen LogP contribution >= 0.6 is 0 Å². The van der Waals surface area contributed by atoms with Gasteiger partial charge in [0.05, 0.1) is 5.56 Å². The molecule has 1 aromatic carbocycles. The first kappa shape index (κ1) is 15.3. The number of ketones is 1. The average molecular weight is 313 g/mol. The lowest BCUT2D eigenvalue weighted by atomic mass is 9.77. The Kier molecular flexibility index (Phi) is 4.38. The van der Waals surface area contributed by atoms with Gasteiger partial charge in [0.1, 0.15) is 11.6 Å². The summed E-state index contributed by atoms with van der Waals surface area (Å²) >= 11 is 0. The molecule has 1 N–H and O–H groups in total. The standard InChI is InChI=1S/C16H18F3NO2/c17-12-5-2-6-13(22-16(18)19)14(12)15(21)9-7-10-3-1-4-11(8-9)20-10/h2,5-6,9-11,16,20H,1,3-4,7-8H2. The van der Waals surface area contributed by atoms with Crippen LogP contribution in [-0.4, -0.2) is 24.5 Å². The van der Waals surface area contributed by atoms with E-state index in [2.05, 4.69) is 10.1 Å². The third-order valence-corrected chi connectivity index (χ3v) is 4.52. The molecule has 6 heteroatoms. The van der Waals surface area contributed by atoms with Crippen molar-refractivity contribution >= 4 is 5.78 Å². The Morgan fingerprint density at radius 3 is 2.55 bits per heavy atom. The first-order valence-electron chi connectivity index (χ1n) is 7.58. The maximum atomic E-state index is 14.0. The second-order valence-corrected chi connectivity index (χ2v) is 6.02. The number of halogens is 3. The van der Waals surface area contributed by atoms with Crippen LogP contribution in [0.4, 0.5) is 13.2 Å². The summed E-state index contributed by atoms with van der Waals surface area (Å²) in [4.78, 5) is 12.7. The first-order chi connectivity index (χ1) is 10.5. The van der Waals surface area contributed by atoms with Gasteiger partial charge in [0.2, 0.25) is 0 Å². The van der Waals surface area contributed by atoms with Crippen molar-refractivity contribution in [1.82, 2.24) is 5.32 Å². The fraction of sp³-hybridized carbons (Fsp3) is 0.562. The van der Waals surface area contributed by atoms with E-state index in [1.165, 1.54) is 12.1 Å². The van der Waals surface area contributed by atoms with Gasteiger partial charge >= 0.3 is 6.61 Å². The van der Waals surface area contributed by atoms with Crippen molar-refractivity contribution < 1.29 is 22.7 Å². The van der Waals surface area contributed by atoms with E-state index >= 15 is 0 Å². The molecule has 0 aromatic heterocycles. The number of piperidine rings is 2. The van der Waals surface area contributed by atoms with Crippen molar-refractivity contribution in [3.05, 3.63) is 29.6 Å². The van der Waals surface area contributed by atoms with Crippen LogP contribution in [0.5, 0.6) is 5.75 Å². The fourth-order valence-corrected chi connectivity index (χ4v) is 3.62. The number of rotatable bonds is 4. The average Bonchev–Trinajstić information content (AvgIpc) is 2.46. The van der Waals surface area contributed by atoms with E-state index in [-0.39, 0.29) is 29.3 Å². The van der Waals surface area contributed by atoms with E-state index in [0.717, 1.165) is 25.3 Å². The Morgan fingerprint density at radius 1 is 1.23 bits per heavy atom. The molecule has 3 nitrogen and oxygen atoms in total. The summed E-state index contributed by atoms with van der Waals surface area (Å²) in [6.45, 7) is -3.08. The lowest BCUT2D eigenvalue weighted by Gasteiger charge is -2.39. The van der Waals surface area contributed by atoms with E-state index < -0.39 is 18.2 Å². The van der Waals surface area contributed by atoms with Crippen molar-refractivity contribution in [3.8, 4) is 5.75 Å². The minimum absolute atomic E-state index is 0.257. The normalized spacial score (nSPS) is 27.7. The van der Waals surface area contributed by atoms with Crippen molar-refractivity contribution in [3.63, 3.8) is 0 Å². The SMILES string of the molecule is O=C(c1c(F)cccc1OC(F)F)C1CC2CCCC(C1)N2. The molecule has 120 valence electrons. The van der Waals surface area contributed by atoms with E-state index in [1.54, 1.807) is 0 Å². The van der Waals surface area contributed by atoms with Gasteiger partial charge in [0.25, 0.3) is 0 Å². The van der Waals surface area contributed by atoms with Crippen LogP contribution in [0.3, 0.4) is 0 Å². The van der Waals surface area contributed by atoms with E-state index in [1.807, 2.05) is 0 Å². The molecule has 2 aliphatic heterocycles. The van der Waals surface area contributed by atoms with Gasteiger partial charge < -0.3 is 10.1 Å². The molecule has 2 atom stereocenters. The quantitative estimate of drug-likeness (QED) is 0.864. The molecule has 0 spiro atoms. The summed E-state index contributed by atoms with van der Waals surface area (Å²) in [5.74, 6) is -1.93. The van der Waals surface area contributed by atoms with Crippen LogP contribution in [0.1, 0.15) is 42.5 Å². The summed E-state index contributed by atoms with van der Waals surface area (Å²) in [5, 5.41) is 3.45. The van der Waals surface area contributed by atoms with Crippen LogP contribution < -0.4 is 10.1 Å². The van der Waals surface area contributed by atoms with Gasteiger partial charge in [-0.25, -0.2) is 4.39 Å². The summed E-state index contributed by atoms with van der Waals surface area (Å²) in [5.41, 5.74) is -0.340. The molecular weight excluding hydrogens is 295 g/mol. The number of carbonyl (C=O) groups is 1. The van der Waals surface area contributed by atoms with Crippen LogP contribution in [0.25, 0.3) is 0 Å². The van der Waals surface area contributed by atoms with Gasteiger partial charge in [-0.2, -0.15) is 8.78 Å². The van der Waals surface area contributed by atoms with E-state index in [9.17, 15) is 18.0 Å². The molecule has 0 saturated carbocycles. The minimum Gasteiger partial charge on any atom is -0.434 e. The number of alkyl halides is 2. The number of ether oxygens (including phenoxy) is 1. The lowest BCUT2D eigenvalue weighted by molar-refractivity contribution is -0.0504. The van der Waals surface area contributed by atoms with Crippen molar-refractivity contribution in [2.75, 3.05) is 0 Å². The Balaban J connectivity index is 1.85. The third kappa shape index (κ3) is 3.11. The van der Waals surface area contributed by atoms with Crippen LogP contribution in [0.2, 0.25) is 0 Å². The van der Waals surface area contributed by atoms with Gasteiger partial charge in [-0.3, -0.25) is 4.79 Å².